The number of ether oxygens (including phenoxy) is 2. The Balaban J connectivity index is 2.91. The molecule has 0 aromatic rings. The standard InChI is InChI=1S/C12H17NO4/c1-4-5-10-7-6-9(11(14)16-2)8-13(10)12(15)17-3/h4,8,10H,1,5-7H2,2-3H3. The number of rotatable bonds is 3. The van der Waals surface area contributed by atoms with Crippen LogP contribution in [0.1, 0.15) is 19.3 Å². The highest BCUT2D eigenvalue weighted by Gasteiger charge is 2.28. The van der Waals surface area contributed by atoms with Gasteiger partial charge in [-0.25, -0.2) is 9.59 Å². The molecular weight excluding hydrogens is 222 g/mol. The van der Waals surface area contributed by atoms with E-state index in [4.69, 9.17) is 0 Å². The summed E-state index contributed by atoms with van der Waals surface area (Å²) in [5.74, 6) is -0.407. The predicted molar refractivity (Wildman–Crippen MR) is 62.2 cm³/mol. The molecule has 94 valence electrons. The fourth-order valence-electron chi connectivity index (χ4n) is 1.82. The van der Waals surface area contributed by atoms with Gasteiger partial charge < -0.3 is 9.47 Å². The molecule has 0 N–H and O–H groups in total. The summed E-state index contributed by atoms with van der Waals surface area (Å²) in [6, 6.07) is -0.00615. The molecule has 1 amide bonds. The van der Waals surface area contributed by atoms with Crippen molar-refractivity contribution in [3.05, 3.63) is 24.4 Å². The van der Waals surface area contributed by atoms with Crippen molar-refractivity contribution in [3.63, 3.8) is 0 Å². The number of methoxy groups -OCH3 is 2. The monoisotopic (exact) mass is 239 g/mol. The zero-order chi connectivity index (χ0) is 12.8. The molecule has 5 nitrogen and oxygen atoms in total. The molecule has 0 bridgehead atoms. The van der Waals surface area contributed by atoms with E-state index in [1.54, 1.807) is 6.08 Å². The average Bonchev–Trinajstić information content (AvgIpc) is 2.37. The Hall–Kier alpha value is -1.78. The molecule has 0 aromatic heterocycles. The number of hydrogen-bond donors (Lipinski definition) is 0. The molecule has 0 radical (unpaired) electrons. The average molecular weight is 239 g/mol. The van der Waals surface area contributed by atoms with Crippen LogP contribution in [0.3, 0.4) is 0 Å². The number of carbonyl (C=O) groups excluding carboxylic acids is 2. The van der Waals surface area contributed by atoms with Gasteiger partial charge in [0.1, 0.15) is 0 Å². The molecule has 0 saturated heterocycles. The Labute approximate surface area is 101 Å². The maximum absolute atomic E-state index is 11.6. The van der Waals surface area contributed by atoms with Crippen LogP contribution in [0, 0.1) is 0 Å². The summed E-state index contributed by atoms with van der Waals surface area (Å²) in [5, 5.41) is 0. The van der Waals surface area contributed by atoms with Crippen molar-refractivity contribution in [2.45, 2.75) is 25.3 Å². The topological polar surface area (TPSA) is 55.8 Å². The van der Waals surface area contributed by atoms with Crippen molar-refractivity contribution < 1.29 is 19.1 Å². The van der Waals surface area contributed by atoms with Crippen molar-refractivity contribution in [1.29, 1.82) is 0 Å². The van der Waals surface area contributed by atoms with Crippen molar-refractivity contribution in [3.8, 4) is 0 Å². The first-order valence-electron chi connectivity index (χ1n) is 5.40. The first-order chi connectivity index (χ1) is 8.13. The van der Waals surface area contributed by atoms with Crippen LogP contribution in [-0.2, 0) is 14.3 Å². The number of esters is 1. The lowest BCUT2D eigenvalue weighted by Crippen LogP contribution is -2.39. The van der Waals surface area contributed by atoms with Crippen molar-refractivity contribution in [1.82, 2.24) is 4.90 Å². The number of amides is 1. The van der Waals surface area contributed by atoms with E-state index in [0.717, 1.165) is 0 Å². The van der Waals surface area contributed by atoms with E-state index in [-0.39, 0.29) is 6.04 Å². The van der Waals surface area contributed by atoms with Crippen molar-refractivity contribution >= 4 is 12.1 Å². The summed E-state index contributed by atoms with van der Waals surface area (Å²) in [5.41, 5.74) is 0.484. The lowest BCUT2D eigenvalue weighted by molar-refractivity contribution is -0.136. The highest BCUT2D eigenvalue weighted by Crippen LogP contribution is 2.24. The molecule has 1 aliphatic heterocycles. The van der Waals surface area contributed by atoms with Crippen LogP contribution in [-0.4, -0.2) is 37.2 Å². The summed E-state index contributed by atoms with van der Waals surface area (Å²) in [7, 11) is 2.63. The van der Waals surface area contributed by atoms with Crippen LogP contribution >= 0.6 is 0 Å². The van der Waals surface area contributed by atoms with Gasteiger partial charge in [-0.05, 0) is 19.3 Å². The molecule has 1 atom stereocenters. The summed E-state index contributed by atoms with van der Waals surface area (Å²) in [6.45, 7) is 3.65. The molecule has 0 aromatic carbocycles. The van der Waals surface area contributed by atoms with Gasteiger partial charge in [-0.15, -0.1) is 6.58 Å². The first-order valence-corrected chi connectivity index (χ1v) is 5.40. The van der Waals surface area contributed by atoms with Crippen LogP contribution in [0.2, 0.25) is 0 Å². The minimum Gasteiger partial charge on any atom is -0.466 e. The fourth-order valence-corrected chi connectivity index (χ4v) is 1.82. The zero-order valence-corrected chi connectivity index (χ0v) is 10.1. The summed E-state index contributed by atoms with van der Waals surface area (Å²) < 4.78 is 9.32. The minimum atomic E-state index is -0.474. The van der Waals surface area contributed by atoms with Crippen LogP contribution in [0.4, 0.5) is 4.79 Å². The second kappa shape index (κ2) is 6.08. The Kier molecular flexibility index (Phi) is 4.75. The van der Waals surface area contributed by atoms with E-state index in [2.05, 4.69) is 16.1 Å². The van der Waals surface area contributed by atoms with E-state index < -0.39 is 12.1 Å². The van der Waals surface area contributed by atoms with Crippen molar-refractivity contribution in [2.24, 2.45) is 0 Å². The van der Waals surface area contributed by atoms with Gasteiger partial charge in [0.25, 0.3) is 0 Å². The van der Waals surface area contributed by atoms with Crippen LogP contribution in [0.25, 0.3) is 0 Å². The van der Waals surface area contributed by atoms with Gasteiger partial charge in [-0.2, -0.15) is 0 Å². The van der Waals surface area contributed by atoms with Crippen LogP contribution in [0.15, 0.2) is 24.4 Å². The zero-order valence-electron chi connectivity index (χ0n) is 10.1. The molecule has 1 heterocycles. The van der Waals surface area contributed by atoms with E-state index in [1.165, 1.54) is 25.3 Å². The maximum atomic E-state index is 11.6. The molecule has 1 unspecified atom stereocenters. The third-order valence-electron chi connectivity index (χ3n) is 2.71. The van der Waals surface area contributed by atoms with E-state index in [9.17, 15) is 9.59 Å². The Morgan fingerprint density at radius 1 is 1.53 bits per heavy atom. The third-order valence-corrected chi connectivity index (χ3v) is 2.71. The van der Waals surface area contributed by atoms with Gasteiger partial charge in [0.05, 0.1) is 19.8 Å². The Bertz CT molecular complexity index is 348. The quantitative estimate of drug-likeness (QED) is 0.557. The maximum Gasteiger partial charge on any atom is 0.413 e. The van der Waals surface area contributed by atoms with Crippen LogP contribution < -0.4 is 0 Å². The largest absolute Gasteiger partial charge is 0.466 e. The number of carbonyl (C=O) groups is 2. The Morgan fingerprint density at radius 2 is 2.24 bits per heavy atom. The lowest BCUT2D eigenvalue weighted by atomic mass is 9.98. The number of nitrogens with zero attached hydrogens (tertiary/aromatic N) is 1. The van der Waals surface area contributed by atoms with Crippen molar-refractivity contribution in [2.75, 3.05) is 14.2 Å². The predicted octanol–water partition coefficient (Wildman–Crippen LogP) is 1.85. The van der Waals surface area contributed by atoms with E-state index in [0.29, 0.717) is 24.8 Å². The highest BCUT2D eigenvalue weighted by atomic mass is 16.5. The third kappa shape index (κ3) is 3.09. The molecule has 0 spiro atoms. The van der Waals surface area contributed by atoms with E-state index >= 15 is 0 Å². The molecule has 1 aliphatic rings. The normalized spacial score (nSPS) is 19.3. The van der Waals surface area contributed by atoms with Gasteiger partial charge in [-0.1, -0.05) is 6.08 Å². The molecule has 17 heavy (non-hydrogen) atoms. The molecule has 5 heteroatoms. The number of hydrogen-bond acceptors (Lipinski definition) is 4. The van der Waals surface area contributed by atoms with Crippen LogP contribution in [0.5, 0.6) is 0 Å². The summed E-state index contributed by atoms with van der Waals surface area (Å²) >= 11 is 0. The van der Waals surface area contributed by atoms with Gasteiger partial charge >= 0.3 is 12.1 Å². The summed E-state index contributed by atoms with van der Waals surface area (Å²) in [4.78, 5) is 24.4. The molecule has 0 aliphatic carbocycles. The van der Waals surface area contributed by atoms with Gasteiger partial charge in [0.15, 0.2) is 0 Å². The summed E-state index contributed by atoms with van der Waals surface area (Å²) in [6.07, 6.45) is 4.74. The van der Waals surface area contributed by atoms with Gasteiger partial charge in [-0.3, -0.25) is 4.90 Å². The van der Waals surface area contributed by atoms with Gasteiger partial charge in [0, 0.05) is 12.2 Å². The molecule has 0 saturated carbocycles. The Morgan fingerprint density at radius 3 is 2.76 bits per heavy atom. The molecule has 1 rings (SSSR count). The fraction of sp³-hybridized carbons (Fsp3) is 0.500. The molecule has 0 fully saturated rings. The van der Waals surface area contributed by atoms with Gasteiger partial charge in [0.2, 0.25) is 0 Å². The minimum absolute atomic E-state index is 0.00615. The lowest BCUT2D eigenvalue weighted by Gasteiger charge is -2.31. The second-order valence-corrected chi connectivity index (χ2v) is 3.74. The molecular formula is C12H17NO4. The second-order valence-electron chi connectivity index (χ2n) is 3.74. The SMILES string of the molecule is C=CCC1CCC(C(=O)OC)=CN1C(=O)OC. The highest BCUT2D eigenvalue weighted by molar-refractivity contribution is 5.89. The first kappa shape index (κ1) is 13.3. The van der Waals surface area contributed by atoms with E-state index in [1.807, 2.05) is 0 Å². The smallest absolute Gasteiger partial charge is 0.413 e.